The standard InChI is InChI=1S/C19H23NO2S/c1-3-22-19(21)17-15-11-7-10-14(13-8-5-4-6-9-13)12-16(15)23-18(17)20-2/h4-6,8-9,14,20H,3,7,10-12H2,1-2H3. The lowest BCUT2D eigenvalue weighted by atomic mass is 9.92. The summed E-state index contributed by atoms with van der Waals surface area (Å²) in [6.07, 6.45) is 4.25. The summed E-state index contributed by atoms with van der Waals surface area (Å²) >= 11 is 1.72. The zero-order valence-electron chi connectivity index (χ0n) is 13.7. The highest BCUT2D eigenvalue weighted by Crippen LogP contribution is 2.41. The maximum atomic E-state index is 12.4. The first-order valence-corrected chi connectivity index (χ1v) is 9.10. The minimum Gasteiger partial charge on any atom is -0.462 e. The number of esters is 1. The lowest BCUT2D eigenvalue weighted by molar-refractivity contribution is 0.0526. The van der Waals surface area contributed by atoms with Gasteiger partial charge in [-0.15, -0.1) is 11.3 Å². The van der Waals surface area contributed by atoms with Crippen molar-refractivity contribution >= 4 is 22.3 Å². The van der Waals surface area contributed by atoms with Crippen molar-refractivity contribution in [2.75, 3.05) is 19.0 Å². The molecule has 3 rings (SSSR count). The molecule has 1 aromatic carbocycles. The van der Waals surface area contributed by atoms with E-state index >= 15 is 0 Å². The highest BCUT2D eigenvalue weighted by Gasteiger charge is 2.28. The molecule has 1 heterocycles. The van der Waals surface area contributed by atoms with Crippen LogP contribution >= 0.6 is 11.3 Å². The molecule has 1 aliphatic carbocycles. The second-order valence-corrected chi connectivity index (χ2v) is 6.99. The maximum absolute atomic E-state index is 12.4. The molecule has 1 atom stereocenters. The Morgan fingerprint density at radius 2 is 2.13 bits per heavy atom. The van der Waals surface area contributed by atoms with Gasteiger partial charge >= 0.3 is 5.97 Å². The van der Waals surface area contributed by atoms with E-state index in [2.05, 4.69) is 35.6 Å². The highest BCUT2D eigenvalue weighted by atomic mass is 32.1. The number of hydrogen-bond acceptors (Lipinski definition) is 4. The molecule has 0 bridgehead atoms. The summed E-state index contributed by atoms with van der Waals surface area (Å²) in [7, 11) is 1.88. The van der Waals surface area contributed by atoms with Crippen molar-refractivity contribution in [1.29, 1.82) is 0 Å². The largest absolute Gasteiger partial charge is 0.462 e. The first kappa shape index (κ1) is 16.1. The van der Waals surface area contributed by atoms with E-state index < -0.39 is 0 Å². The molecule has 0 fully saturated rings. The number of carbonyl (C=O) groups is 1. The number of benzene rings is 1. The Bertz CT molecular complexity index is 678. The van der Waals surface area contributed by atoms with E-state index in [1.165, 1.54) is 22.4 Å². The molecule has 0 amide bonds. The summed E-state index contributed by atoms with van der Waals surface area (Å²) in [5, 5.41) is 4.13. The number of ether oxygens (including phenoxy) is 1. The van der Waals surface area contributed by atoms with Gasteiger partial charge in [0.25, 0.3) is 0 Å². The van der Waals surface area contributed by atoms with E-state index in [1.807, 2.05) is 14.0 Å². The number of thiophene rings is 1. The van der Waals surface area contributed by atoms with Crippen molar-refractivity contribution < 1.29 is 9.53 Å². The molecule has 1 unspecified atom stereocenters. The van der Waals surface area contributed by atoms with Crippen LogP contribution < -0.4 is 5.32 Å². The molecular weight excluding hydrogens is 306 g/mol. The average Bonchev–Trinajstić information content (AvgIpc) is 2.79. The van der Waals surface area contributed by atoms with Crippen molar-refractivity contribution in [1.82, 2.24) is 0 Å². The van der Waals surface area contributed by atoms with Crippen molar-refractivity contribution in [3.05, 3.63) is 51.9 Å². The Hall–Kier alpha value is -1.81. The monoisotopic (exact) mass is 329 g/mol. The molecule has 122 valence electrons. The average molecular weight is 329 g/mol. The molecule has 0 radical (unpaired) electrons. The molecule has 0 saturated carbocycles. The van der Waals surface area contributed by atoms with E-state index in [4.69, 9.17) is 4.74 Å². The predicted molar refractivity (Wildman–Crippen MR) is 95.6 cm³/mol. The maximum Gasteiger partial charge on any atom is 0.341 e. The normalized spacial score (nSPS) is 17.2. The number of nitrogens with one attached hydrogen (secondary N) is 1. The fraction of sp³-hybridized carbons (Fsp3) is 0.421. The van der Waals surface area contributed by atoms with E-state index in [0.717, 1.165) is 29.8 Å². The van der Waals surface area contributed by atoms with Gasteiger partial charge in [-0.3, -0.25) is 0 Å². The third kappa shape index (κ3) is 3.27. The van der Waals surface area contributed by atoms with Gasteiger partial charge in [-0.05, 0) is 49.7 Å². The Kier molecular flexibility index (Phi) is 5.01. The summed E-state index contributed by atoms with van der Waals surface area (Å²) in [6, 6.07) is 10.7. The van der Waals surface area contributed by atoms with Crippen LogP contribution in [0.25, 0.3) is 0 Å². The Balaban J connectivity index is 1.95. The van der Waals surface area contributed by atoms with Gasteiger partial charge in [0.05, 0.1) is 12.2 Å². The van der Waals surface area contributed by atoms with Gasteiger partial charge in [-0.1, -0.05) is 30.3 Å². The Labute approximate surface area is 141 Å². The summed E-state index contributed by atoms with van der Waals surface area (Å²) in [6.45, 7) is 2.27. The molecule has 0 spiro atoms. The summed E-state index contributed by atoms with van der Waals surface area (Å²) in [4.78, 5) is 13.7. The van der Waals surface area contributed by atoms with Crippen LogP contribution in [0.4, 0.5) is 5.00 Å². The predicted octanol–water partition coefficient (Wildman–Crippen LogP) is 4.63. The first-order chi connectivity index (χ1) is 11.2. The number of fused-ring (bicyclic) bond motifs is 1. The summed E-state index contributed by atoms with van der Waals surface area (Å²) < 4.78 is 5.27. The molecule has 1 aliphatic rings. The second kappa shape index (κ2) is 7.18. The van der Waals surface area contributed by atoms with E-state index in [1.54, 1.807) is 11.3 Å². The molecule has 2 aromatic rings. The van der Waals surface area contributed by atoms with Gasteiger partial charge in [0.1, 0.15) is 5.00 Å². The van der Waals surface area contributed by atoms with E-state index in [-0.39, 0.29) is 5.97 Å². The van der Waals surface area contributed by atoms with Gasteiger partial charge < -0.3 is 10.1 Å². The molecule has 0 saturated heterocycles. The molecule has 3 nitrogen and oxygen atoms in total. The van der Waals surface area contributed by atoms with Crippen molar-refractivity contribution in [2.45, 2.75) is 38.5 Å². The number of anilines is 1. The topological polar surface area (TPSA) is 38.3 Å². The fourth-order valence-corrected chi connectivity index (χ4v) is 4.67. The van der Waals surface area contributed by atoms with Crippen LogP contribution in [0.1, 0.15) is 52.0 Å². The van der Waals surface area contributed by atoms with Crippen molar-refractivity contribution in [3.63, 3.8) is 0 Å². The third-order valence-electron chi connectivity index (χ3n) is 4.48. The molecular formula is C19H23NO2S. The van der Waals surface area contributed by atoms with Crippen LogP contribution in [-0.4, -0.2) is 19.6 Å². The summed E-state index contributed by atoms with van der Waals surface area (Å²) in [5.41, 5.74) is 3.37. The van der Waals surface area contributed by atoms with E-state index in [0.29, 0.717) is 12.5 Å². The van der Waals surface area contributed by atoms with E-state index in [9.17, 15) is 4.79 Å². The Morgan fingerprint density at radius 1 is 1.35 bits per heavy atom. The fourth-order valence-electron chi connectivity index (χ4n) is 3.40. The number of hydrogen-bond donors (Lipinski definition) is 1. The molecule has 4 heteroatoms. The van der Waals surface area contributed by atoms with Crippen LogP contribution in [0.3, 0.4) is 0 Å². The SMILES string of the molecule is CCOC(=O)c1c(NC)sc2c1CCCC(c1ccccc1)C2. The highest BCUT2D eigenvalue weighted by molar-refractivity contribution is 7.16. The van der Waals surface area contributed by atoms with Gasteiger partial charge in [-0.25, -0.2) is 4.79 Å². The third-order valence-corrected chi connectivity index (χ3v) is 5.75. The first-order valence-electron chi connectivity index (χ1n) is 8.29. The minimum absolute atomic E-state index is 0.187. The zero-order valence-corrected chi connectivity index (χ0v) is 14.5. The van der Waals surface area contributed by atoms with Crippen molar-refractivity contribution in [3.8, 4) is 0 Å². The van der Waals surface area contributed by atoms with Crippen LogP contribution in [0.15, 0.2) is 30.3 Å². The molecule has 1 N–H and O–H groups in total. The van der Waals surface area contributed by atoms with Gasteiger partial charge in [0, 0.05) is 11.9 Å². The quantitative estimate of drug-likeness (QED) is 0.656. The van der Waals surface area contributed by atoms with Crippen LogP contribution in [0.5, 0.6) is 0 Å². The van der Waals surface area contributed by atoms with Crippen LogP contribution in [0, 0.1) is 0 Å². The molecule has 23 heavy (non-hydrogen) atoms. The van der Waals surface area contributed by atoms with Gasteiger partial charge in [0.15, 0.2) is 0 Å². The Morgan fingerprint density at radius 3 is 2.83 bits per heavy atom. The lowest BCUT2D eigenvalue weighted by Gasteiger charge is -2.14. The van der Waals surface area contributed by atoms with Crippen LogP contribution in [-0.2, 0) is 17.6 Å². The minimum atomic E-state index is -0.187. The molecule has 1 aromatic heterocycles. The van der Waals surface area contributed by atoms with Gasteiger partial charge in [-0.2, -0.15) is 0 Å². The summed E-state index contributed by atoms with van der Waals surface area (Å²) in [5.74, 6) is 0.350. The second-order valence-electron chi connectivity index (χ2n) is 5.88. The smallest absolute Gasteiger partial charge is 0.341 e. The lowest BCUT2D eigenvalue weighted by Crippen LogP contribution is -2.09. The van der Waals surface area contributed by atoms with Gasteiger partial charge in [0.2, 0.25) is 0 Å². The number of carbonyl (C=O) groups excluding carboxylic acids is 1. The number of rotatable bonds is 4. The van der Waals surface area contributed by atoms with Crippen LogP contribution in [0.2, 0.25) is 0 Å². The molecule has 0 aliphatic heterocycles. The van der Waals surface area contributed by atoms with Crippen molar-refractivity contribution in [2.24, 2.45) is 0 Å². The zero-order chi connectivity index (χ0) is 16.2.